The number of nitrogens with zero attached hydrogens (tertiary/aromatic N) is 2. The zero-order chi connectivity index (χ0) is 14.7. The summed E-state index contributed by atoms with van der Waals surface area (Å²) in [5.74, 6) is 0.528. The molecule has 0 amide bonds. The molecule has 1 aromatic heterocycles. The van der Waals surface area contributed by atoms with Gasteiger partial charge in [0.2, 0.25) is 0 Å². The number of hydrogen-bond donors (Lipinski definition) is 0. The average Bonchev–Trinajstić information content (AvgIpc) is 2.48. The van der Waals surface area contributed by atoms with E-state index < -0.39 is 0 Å². The summed E-state index contributed by atoms with van der Waals surface area (Å²) in [6.07, 6.45) is 4.24. The van der Waals surface area contributed by atoms with Crippen LogP contribution in [-0.4, -0.2) is 23.0 Å². The average molecular weight is 301 g/mol. The number of aromatic nitrogens is 1. The van der Waals surface area contributed by atoms with E-state index in [1.54, 1.807) is 6.20 Å². The number of aryl methyl sites for hydroxylation is 1. The zero-order valence-corrected chi connectivity index (χ0v) is 13.2. The maximum absolute atomic E-state index is 6.02. The Morgan fingerprint density at radius 3 is 2.86 bits per heavy atom. The van der Waals surface area contributed by atoms with Gasteiger partial charge in [-0.15, -0.1) is 0 Å². The highest BCUT2D eigenvalue weighted by atomic mass is 35.5. The predicted octanol–water partition coefficient (Wildman–Crippen LogP) is 4.42. The van der Waals surface area contributed by atoms with Gasteiger partial charge in [-0.3, -0.25) is 9.88 Å². The summed E-state index contributed by atoms with van der Waals surface area (Å²) in [5.41, 5.74) is 3.82. The summed E-state index contributed by atoms with van der Waals surface area (Å²) in [4.78, 5) is 7.13. The Morgan fingerprint density at radius 1 is 1.29 bits per heavy atom. The minimum Gasteiger partial charge on any atom is -0.298 e. The monoisotopic (exact) mass is 300 g/mol. The van der Waals surface area contributed by atoms with Crippen molar-refractivity contribution in [3.8, 4) is 0 Å². The lowest BCUT2D eigenvalue weighted by atomic mass is 9.91. The fourth-order valence-corrected chi connectivity index (χ4v) is 3.45. The first kappa shape index (κ1) is 14.6. The summed E-state index contributed by atoms with van der Waals surface area (Å²) >= 11 is 6.02. The second-order valence-electron chi connectivity index (χ2n) is 5.92. The Morgan fingerprint density at radius 2 is 2.10 bits per heavy atom. The summed E-state index contributed by atoms with van der Waals surface area (Å²) in [5, 5.41) is 0.730. The molecule has 0 aliphatic carbocycles. The lowest BCUT2D eigenvalue weighted by Gasteiger charge is -2.33. The van der Waals surface area contributed by atoms with Crippen LogP contribution in [0.4, 0.5) is 0 Å². The van der Waals surface area contributed by atoms with Gasteiger partial charge in [0, 0.05) is 30.9 Å². The van der Waals surface area contributed by atoms with E-state index >= 15 is 0 Å². The lowest BCUT2D eigenvalue weighted by molar-refractivity contribution is 0.198. The highest BCUT2D eigenvalue weighted by molar-refractivity contribution is 6.30. The number of rotatable bonds is 3. The molecular formula is C18H21ClN2. The molecule has 1 aliphatic heterocycles. The molecule has 3 rings (SSSR count). The molecule has 1 aliphatic rings. The number of hydrogen-bond acceptors (Lipinski definition) is 2. The lowest BCUT2D eigenvalue weighted by Crippen LogP contribution is -2.34. The van der Waals surface area contributed by atoms with Gasteiger partial charge >= 0.3 is 0 Å². The van der Waals surface area contributed by atoms with Crippen molar-refractivity contribution in [2.75, 3.05) is 13.1 Å². The van der Waals surface area contributed by atoms with Gasteiger partial charge in [-0.25, -0.2) is 0 Å². The molecule has 1 saturated heterocycles. The summed E-state index contributed by atoms with van der Waals surface area (Å²) in [6, 6.07) is 12.7. The second-order valence-corrected chi connectivity index (χ2v) is 6.35. The molecule has 2 nitrogen and oxygen atoms in total. The van der Waals surface area contributed by atoms with E-state index in [9.17, 15) is 0 Å². The van der Waals surface area contributed by atoms with Crippen molar-refractivity contribution in [1.29, 1.82) is 0 Å². The van der Waals surface area contributed by atoms with Crippen LogP contribution in [0.2, 0.25) is 5.02 Å². The van der Waals surface area contributed by atoms with Crippen molar-refractivity contribution in [2.24, 2.45) is 0 Å². The SMILES string of the molecule is Cc1cc(Cl)cnc1[C@H]1CCCN(Cc2ccccc2)C1. The molecule has 21 heavy (non-hydrogen) atoms. The van der Waals surface area contributed by atoms with E-state index in [1.165, 1.54) is 36.2 Å². The topological polar surface area (TPSA) is 16.1 Å². The summed E-state index contributed by atoms with van der Waals surface area (Å²) in [6.45, 7) is 5.41. The van der Waals surface area contributed by atoms with Gasteiger partial charge in [0.05, 0.1) is 5.02 Å². The van der Waals surface area contributed by atoms with Crippen molar-refractivity contribution in [3.63, 3.8) is 0 Å². The van der Waals surface area contributed by atoms with Crippen LogP contribution in [0, 0.1) is 6.92 Å². The summed E-state index contributed by atoms with van der Waals surface area (Å²) < 4.78 is 0. The van der Waals surface area contributed by atoms with E-state index in [0.29, 0.717) is 5.92 Å². The van der Waals surface area contributed by atoms with E-state index in [-0.39, 0.29) is 0 Å². The minimum absolute atomic E-state index is 0.528. The molecule has 0 radical (unpaired) electrons. The van der Waals surface area contributed by atoms with E-state index in [0.717, 1.165) is 18.1 Å². The largest absolute Gasteiger partial charge is 0.298 e. The third-order valence-corrected chi connectivity index (χ3v) is 4.43. The van der Waals surface area contributed by atoms with Crippen LogP contribution in [0.3, 0.4) is 0 Å². The molecule has 0 unspecified atom stereocenters. The third-order valence-electron chi connectivity index (χ3n) is 4.23. The molecule has 0 spiro atoms. The van der Waals surface area contributed by atoms with Crippen molar-refractivity contribution in [1.82, 2.24) is 9.88 Å². The van der Waals surface area contributed by atoms with Gasteiger partial charge in [0.1, 0.15) is 0 Å². The molecule has 1 fully saturated rings. The molecule has 0 N–H and O–H groups in total. The molecule has 1 aromatic carbocycles. The van der Waals surface area contributed by atoms with Crippen LogP contribution >= 0.6 is 11.6 Å². The summed E-state index contributed by atoms with van der Waals surface area (Å²) in [7, 11) is 0. The van der Waals surface area contributed by atoms with E-state index in [1.807, 2.05) is 6.07 Å². The number of halogens is 1. The van der Waals surface area contributed by atoms with Crippen LogP contribution in [0.15, 0.2) is 42.6 Å². The molecule has 2 aromatic rings. The maximum Gasteiger partial charge on any atom is 0.0592 e. The highest BCUT2D eigenvalue weighted by Gasteiger charge is 2.23. The Kier molecular flexibility index (Phi) is 4.57. The first-order valence-corrected chi connectivity index (χ1v) is 7.98. The second kappa shape index (κ2) is 6.59. The Hall–Kier alpha value is -1.38. The van der Waals surface area contributed by atoms with Gasteiger partial charge in [-0.2, -0.15) is 0 Å². The van der Waals surface area contributed by atoms with Crippen LogP contribution < -0.4 is 0 Å². The maximum atomic E-state index is 6.02. The standard InChI is InChI=1S/C18H21ClN2/c1-14-10-17(19)11-20-18(14)16-8-5-9-21(13-16)12-15-6-3-2-4-7-15/h2-4,6-7,10-11,16H,5,8-9,12-13H2,1H3/t16-/m0/s1. The Balaban J connectivity index is 1.71. The van der Waals surface area contributed by atoms with Gasteiger partial charge < -0.3 is 0 Å². The molecule has 3 heteroatoms. The fraction of sp³-hybridized carbons (Fsp3) is 0.389. The Labute approximate surface area is 131 Å². The molecule has 0 saturated carbocycles. The number of benzene rings is 1. The van der Waals surface area contributed by atoms with Crippen molar-refractivity contribution >= 4 is 11.6 Å². The minimum atomic E-state index is 0.528. The highest BCUT2D eigenvalue weighted by Crippen LogP contribution is 2.29. The number of pyridine rings is 1. The van der Waals surface area contributed by atoms with Gasteiger partial charge in [0.15, 0.2) is 0 Å². The zero-order valence-electron chi connectivity index (χ0n) is 12.4. The first-order valence-electron chi connectivity index (χ1n) is 7.60. The number of piperidine rings is 1. The van der Waals surface area contributed by atoms with Crippen LogP contribution in [0.25, 0.3) is 0 Å². The van der Waals surface area contributed by atoms with Crippen molar-refractivity contribution in [3.05, 3.63) is 64.4 Å². The quantitative estimate of drug-likeness (QED) is 0.834. The van der Waals surface area contributed by atoms with Crippen LogP contribution in [0.1, 0.15) is 35.6 Å². The van der Waals surface area contributed by atoms with Crippen molar-refractivity contribution < 1.29 is 0 Å². The van der Waals surface area contributed by atoms with Gasteiger partial charge in [0.25, 0.3) is 0 Å². The Bertz CT molecular complexity index is 597. The molecule has 1 atom stereocenters. The third kappa shape index (κ3) is 3.63. The van der Waals surface area contributed by atoms with Crippen LogP contribution in [0.5, 0.6) is 0 Å². The van der Waals surface area contributed by atoms with Gasteiger partial charge in [-0.05, 0) is 43.5 Å². The van der Waals surface area contributed by atoms with E-state index in [2.05, 4.69) is 47.1 Å². The van der Waals surface area contributed by atoms with Crippen LogP contribution in [-0.2, 0) is 6.54 Å². The molecule has 110 valence electrons. The molecule has 0 bridgehead atoms. The first-order chi connectivity index (χ1) is 10.2. The van der Waals surface area contributed by atoms with Gasteiger partial charge in [-0.1, -0.05) is 41.9 Å². The normalized spacial score (nSPS) is 19.6. The fourth-order valence-electron chi connectivity index (χ4n) is 3.24. The molecular weight excluding hydrogens is 280 g/mol. The number of likely N-dealkylation sites (tertiary alicyclic amines) is 1. The molecule has 2 heterocycles. The smallest absolute Gasteiger partial charge is 0.0592 e. The van der Waals surface area contributed by atoms with E-state index in [4.69, 9.17) is 11.6 Å². The van der Waals surface area contributed by atoms with Crippen molar-refractivity contribution in [2.45, 2.75) is 32.2 Å². The predicted molar refractivity (Wildman–Crippen MR) is 87.7 cm³/mol.